The van der Waals surface area contributed by atoms with E-state index in [1.54, 1.807) is 12.1 Å². The second-order valence-corrected chi connectivity index (χ2v) is 17.5. The van der Waals surface area contributed by atoms with Crippen molar-refractivity contribution >= 4 is 78.6 Å². The van der Waals surface area contributed by atoms with Crippen molar-refractivity contribution in [3.63, 3.8) is 0 Å². The molecule has 6 aromatic rings. The van der Waals surface area contributed by atoms with Gasteiger partial charge in [0, 0.05) is 31.6 Å². The minimum atomic E-state index is -0.737. The molecule has 0 fully saturated rings. The summed E-state index contributed by atoms with van der Waals surface area (Å²) in [4.78, 5) is 26.7. The molecule has 0 N–H and O–H groups in total. The van der Waals surface area contributed by atoms with Crippen LogP contribution in [-0.2, 0) is 9.47 Å². The summed E-state index contributed by atoms with van der Waals surface area (Å²) < 4.78 is 23.5. The quantitative estimate of drug-likeness (QED) is 0.0247. The number of hydrogen-bond acceptors (Lipinski definition) is 6. The van der Waals surface area contributed by atoms with Crippen LogP contribution in [0.2, 0.25) is 10.0 Å². The fourth-order valence-corrected chi connectivity index (χ4v) is 9.04. The van der Waals surface area contributed by atoms with E-state index < -0.39 is 12.3 Å². The molecule has 0 bridgehead atoms. The molecule has 0 aliphatic carbocycles. The van der Waals surface area contributed by atoms with E-state index in [-0.39, 0.29) is 0 Å². The van der Waals surface area contributed by atoms with Gasteiger partial charge in [-0.2, -0.15) is 0 Å². The molecule has 8 heteroatoms. The summed E-state index contributed by atoms with van der Waals surface area (Å²) in [7, 11) is 0. The average molecular weight is 880 g/mol. The Kier molecular flexibility index (Phi) is 18.9. The van der Waals surface area contributed by atoms with E-state index in [1.165, 1.54) is 89.9 Å². The lowest BCUT2D eigenvalue weighted by molar-refractivity contribution is 0.0972. The van der Waals surface area contributed by atoms with Gasteiger partial charge >= 0.3 is 12.3 Å². The number of benzene rings is 6. The summed E-state index contributed by atoms with van der Waals surface area (Å²) in [5.41, 5.74) is 1.76. The normalized spacial score (nSPS) is 11.5. The van der Waals surface area contributed by atoms with Gasteiger partial charge in [-0.25, -0.2) is 9.59 Å². The van der Waals surface area contributed by atoms with Crippen LogP contribution in [0.5, 0.6) is 11.5 Å². The number of halogens is 2. The third-order valence-corrected chi connectivity index (χ3v) is 12.4. The predicted octanol–water partition coefficient (Wildman–Crippen LogP) is 18.1. The third-order valence-electron chi connectivity index (χ3n) is 11.9. The smallest absolute Gasteiger partial charge is 0.434 e. The summed E-state index contributed by atoms with van der Waals surface area (Å²) >= 11 is 13.5. The van der Waals surface area contributed by atoms with Gasteiger partial charge in [-0.3, -0.25) is 0 Å². The summed E-state index contributed by atoms with van der Waals surface area (Å²) in [6.45, 7) is 5.09. The van der Waals surface area contributed by atoms with Gasteiger partial charge in [-0.1, -0.05) is 201 Å². The third kappa shape index (κ3) is 12.8. The maximum absolute atomic E-state index is 13.3. The monoisotopic (exact) mass is 878 g/mol. The van der Waals surface area contributed by atoms with Crippen LogP contribution >= 0.6 is 23.2 Å². The Labute approximate surface area is 378 Å². The van der Waals surface area contributed by atoms with Gasteiger partial charge in [0.25, 0.3) is 0 Å². The molecular formula is C54H64Cl2O6. The van der Waals surface area contributed by atoms with Crippen LogP contribution in [0.3, 0.4) is 0 Å². The van der Waals surface area contributed by atoms with Gasteiger partial charge in [0.05, 0.1) is 13.2 Å². The minimum absolute atomic E-state index is 0.301. The van der Waals surface area contributed by atoms with E-state index in [2.05, 4.69) is 13.8 Å². The molecule has 0 saturated heterocycles. The number of rotatable bonds is 25. The Morgan fingerprint density at radius 2 is 0.694 bits per heavy atom. The standard InChI is InChI=1S/C54H64Cl2O6/c1-3-5-7-9-11-13-15-17-19-25-35-59-53(57)61-51-43-29-23-21-27-41(43)49(47-37-39(55)31-33-45(47)51)50-42-28-22-24-30-44(42)52(46-34-32-40(56)38-48(46)50)62-54(58)60-36-26-20-18-16-14-12-10-8-6-4-2/h21-24,27-34,37-38H,3-20,25-26,35-36H2,1-2H3. The summed E-state index contributed by atoms with van der Waals surface area (Å²) in [6, 6.07) is 26.9. The van der Waals surface area contributed by atoms with Crippen LogP contribution in [0.25, 0.3) is 54.2 Å². The minimum Gasteiger partial charge on any atom is -0.434 e. The molecule has 0 atom stereocenters. The van der Waals surface area contributed by atoms with Crippen molar-refractivity contribution in [2.75, 3.05) is 13.2 Å². The summed E-state index contributed by atoms with van der Waals surface area (Å²) in [5.74, 6) is 0.807. The molecular weight excluding hydrogens is 815 g/mol. The van der Waals surface area contributed by atoms with Crippen LogP contribution in [-0.4, -0.2) is 25.5 Å². The molecule has 0 amide bonds. The first-order chi connectivity index (χ1) is 30.4. The van der Waals surface area contributed by atoms with Crippen LogP contribution in [0.4, 0.5) is 9.59 Å². The Balaban J connectivity index is 1.24. The summed E-state index contributed by atoms with van der Waals surface area (Å²) in [6.07, 6.45) is 22.4. The number of fused-ring (bicyclic) bond motifs is 4. The Morgan fingerprint density at radius 1 is 0.387 bits per heavy atom. The Bertz CT molecular complexity index is 2220. The van der Waals surface area contributed by atoms with Crippen LogP contribution < -0.4 is 9.47 Å². The predicted molar refractivity (Wildman–Crippen MR) is 260 cm³/mol. The fraction of sp³-hybridized carbons (Fsp3) is 0.444. The van der Waals surface area contributed by atoms with E-state index in [0.29, 0.717) is 45.5 Å². The highest BCUT2D eigenvalue weighted by molar-refractivity contribution is 6.34. The second kappa shape index (κ2) is 24.9. The molecule has 0 spiro atoms. The highest BCUT2D eigenvalue weighted by Crippen LogP contribution is 2.50. The van der Waals surface area contributed by atoms with Crippen molar-refractivity contribution in [1.29, 1.82) is 0 Å². The second-order valence-electron chi connectivity index (χ2n) is 16.6. The Morgan fingerprint density at radius 3 is 1.05 bits per heavy atom. The lowest BCUT2D eigenvalue weighted by Crippen LogP contribution is -2.12. The van der Waals surface area contributed by atoms with Crippen molar-refractivity contribution in [1.82, 2.24) is 0 Å². The molecule has 0 aliphatic rings. The molecule has 330 valence electrons. The molecule has 62 heavy (non-hydrogen) atoms. The zero-order valence-electron chi connectivity index (χ0n) is 36.8. The van der Waals surface area contributed by atoms with Gasteiger partial charge in [0.15, 0.2) is 0 Å². The van der Waals surface area contributed by atoms with Gasteiger partial charge < -0.3 is 18.9 Å². The first-order valence-corrected chi connectivity index (χ1v) is 24.1. The van der Waals surface area contributed by atoms with Crippen molar-refractivity contribution in [2.45, 2.75) is 142 Å². The van der Waals surface area contributed by atoms with Crippen LogP contribution in [0.1, 0.15) is 142 Å². The zero-order valence-corrected chi connectivity index (χ0v) is 38.4. The fourth-order valence-electron chi connectivity index (χ4n) is 8.70. The number of carbonyl (C=O) groups excluding carboxylic acids is 2. The molecule has 0 unspecified atom stereocenters. The lowest BCUT2D eigenvalue weighted by atomic mass is 9.85. The van der Waals surface area contributed by atoms with Crippen molar-refractivity contribution < 1.29 is 28.5 Å². The van der Waals surface area contributed by atoms with E-state index in [4.69, 9.17) is 42.1 Å². The maximum atomic E-state index is 13.3. The molecule has 6 rings (SSSR count). The van der Waals surface area contributed by atoms with Gasteiger partial charge in [0.2, 0.25) is 0 Å². The number of ether oxygens (including phenoxy) is 4. The number of carbonyl (C=O) groups is 2. The van der Waals surface area contributed by atoms with Crippen molar-refractivity contribution in [3.8, 4) is 22.6 Å². The van der Waals surface area contributed by atoms with E-state index >= 15 is 0 Å². The molecule has 0 aromatic heterocycles. The van der Waals surface area contributed by atoms with Gasteiger partial charge in [0.1, 0.15) is 11.5 Å². The first-order valence-electron chi connectivity index (χ1n) is 23.4. The van der Waals surface area contributed by atoms with E-state index in [0.717, 1.165) is 82.0 Å². The lowest BCUT2D eigenvalue weighted by Gasteiger charge is -2.21. The number of hydrogen-bond donors (Lipinski definition) is 0. The largest absolute Gasteiger partial charge is 0.513 e. The SMILES string of the molecule is CCCCCCCCCCCCOC(=O)Oc1c2ccccc2c(-c2c3ccccc3c(OC(=O)OCCCCCCCCCCCC)c3ccc(Cl)cc23)c2cc(Cl)ccc12. The Hall–Kier alpha value is -4.52. The maximum Gasteiger partial charge on any atom is 0.513 e. The molecule has 0 saturated carbocycles. The molecule has 0 heterocycles. The van der Waals surface area contributed by atoms with E-state index in [1.807, 2.05) is 72.8 Å². The van der Waals surface area contributed by atoms with Crippen LogP contribution in [0.15, 0.2) is 84.9 Å². The topological polar surface area (TPSA) is 71.1 Å². The summed E-state index contributed by atoms with van der Waals surface area (Å²) in [5, 5.41) is 7.19. The van der Waals surface area contributed by atoms with E-state index in [9.17, 15) is 9.59 Å². The zero-order chi connectivity index (χ0) is 43.5. The molecule has 0 aliphatic heterocycles. The van der Waals surface area contributed by atoms with Crippen LogP contribution in [0, 0.1) is 0 Å². The number of unbranched alkanes of at least 4 members (excludes halogenated alkanes) is 18. The molecule has 0 radical (unpaired) electrons. The van der Waals surface area contributed by atoms with Gasteiger partial charge in [-0.15, -0.1) is 0 Å². The molecule has 6 aromatic carbocycles. The van der Waals surface area contributed by atoms with Crippen molar-refractivity contribution in [3.05, 3.63) is 95.0 Å². The molecule has 6 nitrogen and oxygen atoms in total. The highest BCUT2D eigenvalue weighted by Gasteiger charge is 2.25. The first kappa shape index (κ1) is 47.0. The highest BCUT2D eigenvalue weighted by atomic mass is 35.5. The average Bonchev–Trinajstić information content (AvgIpc) is 3.27. The van der Waals surface area contributed by atoms with Gasteiger partial charge in [-0.05, 0) is 81.9 Å². The van der Waals surface area contributed by atoms with Crippen molar-refractivity contribution in [2.24, 2.45) is 0 Å².